The molecule has 0 amide bonds. The van der Waals surface area contributed by atoms with Crippen LogP contribution in [0.3, 0.4) is 0 Å². The molecule has 11 rings (SSSR count). The summed E-state index contributed by atoms with van der Waals surface area (Å²) in [6.45, 7) is 13.1. The van der Waals surface area contributed by atoms with Gasteiger partial charge in [0.1, 0.15) is 5.82 Å². The lowest BCUT2D eigenvalue weighted by Crippen LogP contribution is -2.61. The van der Waals surface area contributed by atoms with Crippen LogP contribution >= 0.6 is 0 Å². The highest BCUT2D eigenvalue weighted by molar-refractivity contribution is 7.00. The summed E-state index contributed by atoms with van der Waals surface area (Å²) < 4.78 is 2.38. The summed E-state index contributed by atoms with van der Waals surface area (Å²) in [6.07, 6.45) is 1.89. The van der Waals surface area contributed by atoms with Crippen molar-refractivity contribution < 1.29 is 0 Å². The highest BCUT2D eigenvalue weighted by Crippen LogP contribution is 2.45. The van der Waals surface area contributed by atoms with Gasteiger partial charge in [-0.15, -0.1) is 0 Å². The van der Waals surface area contributed by atoms with Gasteiger partial charge >= 0.3 is 0 Å². The van der Waals surface area contributed by atoms with E-state index in [0.29, 0.717) is 0 Å². The topological polar surface area (TPSA) is 37.2 Å². The molecule has 9 aromatic rings. The zero-order valence-corrected chi connectivity index (χ0v) is 34.8. The Morgan fingerprint density at radius 3 is 1.62 bits per heavy atom. The first-order valence-electron chi connectivity index (χ1n) is 20.9. The van der Waals surface area contributed by atoms with Crippen LogP contribution in [0, 0.1) is 41.5 Å². The van der Waals surface area contributed by atoms with Gasteiger partial charge in [0.25, 0.3) is 6.71 Å². The van der Waals surface area contributed by atoms with Crippen LogP contribution in [0.2, 0.25) is 0 Å². The smallest absolute Gasteiger partial charge is 0.252 e. The molecular weight excluding hydrogens is 729 g/mol. The van der Waals surface area contributed by atoms with E-state index in [9.17, 15) is 0 Å². The van der Waals surface area contributed by atoms with Gasteiger partial charge in [0.05, 0.1) is 22.4 Å². The number of rotatable bonds is 5. The highest BCUT2D eigenvalue weighted by Gasteiger charge is 2.43. The fraction of sp³-hybridized carbons (Fsp3) is 0.111. The Kier molecular flexibility index (Phi) is 8.21. The average Bonchev–Trinajstić information content (AvgIpc) is 3.62. The molecule has 4 heterocycles. The molecular formula is C54H44BN5. The van der Waals surface area contributed by atoms with E-state index < -0.39 is 0 Å². The average molecular weight is 774 g/mol. The molecule has 0 spiro atoms. The first-order chi connectivity index (χ1) is 29.2. The van der Waals surface area contributed by atoms with Crippen LogP contribution in [0.5, 0.6) is 0 Å². The van der Waals surface area contributed by atoms with Gasteiger partial charge < -0.3 is 9.80 Å². The number of anilines is 6. The summed E-state index contributed by atoms with van der Waals surface area (Å²) in [6, 6.07) is 55.9. The molecule has 5 nitrogen and oxygen atoms in total. The standard InChI is InChI=1S/C54H44BN5/c1-33-25-34(2)28-41(27-33)58-47-22-20-39(45-15-9-10-24-56-45)31-43(47)55-44-32-40(54-57-46-16-7-8-17-49(46)60(54)53-37(5)13-11-14-38(53)6)21-23-48(44)59(42-29-35(3)26-36(4)30-42)51-19-12-18-50(58)52(51)55/h7-32H,1-6H3. The second kappa shape index (κ2) is 13.7. The van der Waals surface area contributed by atoms with Crippen LogP contribution in [0.25, 0.3) is 39.4 Å². The highest BCUT2D eigenvalue weighted by atomic mass is 15.2. The van der Waals surface area contributed by atoms with E-state index in [0.717, 1.165) is 45.1 Å². The van der Waals surface area contributed by atoms with Crippen LogP contribution in [0.4, 0.5) is 34.1 Å². The lowest BCUT2D eigenvalue weighted by molar-refractivity contribution is 1.06. The third-order valence-corrected chi connectivity index (χ3v) is 12.4. The molecule has 0 bridgehead atoms. The van der Waals surface area contributed by atoms with Crippen molar-refractivity contribution in [2.24, 2.45) is 0 Å². The number of hydrogen-bond acceptors (Lipinski definition) is 4. The summed E-state index contributed by atoms with van der Waals surface area (Å²) in [5.41, 5.74) is 24.6. The van der Waals surface area contributed by atoms with Gasteiger partial charge in [-0.25, -0.2) is 4.98 Å². The van der Waals surface area contributed by atoms with Crippen LogP contribution in [0.15, 0.2) is 158 Å². The van der Waals surface area contributed by atoms with Crippen molar-refractivity contribution in [1.29, 1.82) is 0 Å². The Labute approximate surface area is 352 Å². The maximum absolute atomic E-state index is 5.42. The zero-order valence-electron chi connectivity index (χ0n) is 34.8. The quantitative estimate of drug-likeness (QED) is 0.163. The summed E-state index contributed by atoms with van der Waals surface area (Å²) in [5.74, 6) is 0.934. The maximum Gasteiger partial charge on any atom is 0.252 e. The van der Waals surface area contributed by atoms with Crippen molar-refractivity contribution in [3.8, 4) is 28.3 Å². The zero-order chi connectivity index (χ0) is 40.8. The fourth-order valence-electron chi connectivity index (χ4n) is 10.1. The number of aromatic nitrogens is 3. The molecule has 0 N–H and O–H groups in total. The summed E-state index contributed by atoms with van der Waals surface area (Å²) in [7, 11) is 0. The minimum Gasteiger partial charge on any atom is -0.311 e. The van der Waals surface area contributed by atoms with E-state index in [1.807, 2.05) is 12.3 Å². The molecule has 2 aromatic heterocycles. The molecule has 0 aliphatic carbocycles. The van der Waals surface area contributed by atoms with Crippen LogP contribution in [0.1, 0.15) is 33.4 Å². The first kappa shape index (κ1) is 35.9. The minimum atomic E-state index is -0.0767. The molecule has 6 heteroatoms. The number of benzene rings is 7. The Bertz CT molecular complexity index is 3130. The van der Waals surface area contributed by atoms with Gasteiger partial charge in [-0.2, -0.15) is 0 Å². The number of aryl methyl sites for hydroxylation is 6. The second-order valence-corrected chi connectivity index (χ2v) is 16.8. The lowest BCUT2D eigenvalue weighted by Gasteiger charge is -2.44. The van der Waals surface area contributed by atoms with E-state index in [1.165, 1.54) is 78.2 Å². The van der Waals surface area contributed by atoms with Crippen molar-refractivity contribution in [3.05, 3.63) is 191 Å². The van der Waals surface area contributed by atoms with Crippen molar-refractivity contribution in [1.82, 2.24) is 14.5 Å². The number of para-hydroxylation sites is 3. The molecule has 0 saturated carbocycles. The van der Waals surface area contributed by atoms with Gasteiger partial charge in [0.2, 0.25) is 0 Å². The lowest BCUT2D eigenvalue weighted by atomic mass is 9.33. The van der Waals surface area contributed by atoms with Crippen molar-refractivity contribution >= 4 is 68.3 Å². The van der Waals surface area contributed by atoms with Crippen molar-refractivity contribution in [3.63, 3.8) is 0 Å². The maximum atomic E-state index is 5.42. The molecule has 0 atom stereocenters. The van der Waals surface area contributed by atoms with E-state index in [2.05, 4.69) is 202 Å². The molecule has 0 unspecified atom stereocenters. The summed E-state index contributed by atoms with van der Waals surface area (Å²) >= 11 is 0. The van der Waals surface area contributed by atoms with Crippen molar-refractivity contribution in [2.45, 2.75) is 41.5 Å². The summed E-state index contributed by atoms with van der Waals surface area (Å²) in [4.78, 5) is 15.2. The Hall–Kier alpha value is -7.18. The van der Waals surface area contributed by atoms with Crippen LogP contribution in [-0.2, 0) is 0 Å². The predicted molar refractivity (Wildman–Crippen MR) is 252 cm³/mol. The van der Waals surface area contributed by atoms with Crippen LogP contribution in [-0.4, -0.2) is 21.2 Å². The van der Waals surface area contributed by atoms with E-state index in [-0.39, 0.29) is 6.71 Å². The normalized spacial score (nSPS) is 12.7. The fourth-order valence-corrected chi connectivity index (χ4v) is 10.1. The number of fused-ring (bicyclic) bond motifs is 5. The predicted octanol–water partition coefficient (Wildman–Crippen LogP) is 11.7. The molecule has 7 aromatic carbocycles. The third-order valence-electron chi connectivity index (χ3n) is 12.4. The molecule has 60 heavy (non-hydrogen) atoms. The molecule has 2 aliphatic heterocycles. The third kappa shape index (κ3) is 5.62. The van der Waals surface area contributed by atoms with Gasteiger partial charge in [0.15, 0.2) is 0 Å². The Morgan fingerprint density at radius 1 is 0.467 bits per heavy atom. The first-order valence-corrected chi connectivity index (χ1v) is 20.9. The van der Waals surface area contributed by atoms with Gasteiger partial charge in [-0.1, -0.05) is 72.8 Å². The molecule has 0 fully saturated rings. The monoisotopic (exact) mass is 773 g/mol. The number of nitrogens with zero attached hydrogens (tertiary/aromatic N) is 5. The Morgan fingerprint density at radius 2 is 1.02 bits per heavy atom. The van der Waals surface area contributed by atoms with Crippen molar-refractivity contribution in [2.75, 3.05) is 9.80 Å². The van der Waals surface area contributed by atoms with Gasteiger partial charge in [-0.05, 0) is 176 Å². The molecule has 288 valence electrons. The van der Waals surface area contributed by atoms with Crippen LogP contribution < -0.4 is 26.2 Å². The minimum absolute atomic E-state index is 0.0767. The largest absolute Gasteiger partial charge is 0.311 e. The van der Waals surface area contributed by atoms with Gasteiger partial charge in [-0.3, -0.25) is 9.55 Å². The number of hydrogen-bond donors (Lipinski definition) is 0. The summed E-state index contributed by atoms with van der Waals surface area (Å²) in [5, 5.41) is 0. The van der Waals surface area contributed by atoms with Gasteiger partial charge in [0, 0.05) is 45.9 Å². The van der Waals surface area contributed by atoms with E-state index in [1.54, 1.807) is 0 Å². The number of pyridine rings is 1. The SMILES string of the molecule is Cc1cc(C)cc(N2c3ccc(-c4ccccn4)cc3B3c4cc(-c5nc6ccccc6n5-c5c(C)cccc5C)ccc4N(c4cc(C)cc(C)c4)c4cccc2c43)c1. The number of imidazole rings is 1. The molecule has 0 radical (unpaired) electrons. The Balaban J connectivity index is 1.24. The molecule has 2 aliphatic rings. The second-order valence-electron chi connectivity index (χ2n) is 16.8. The van der Waals surface area contributed by atoms with E-state index >= 15 is 0 Å². The molecule has 0 saturated heterocycles. The van der Waals surface area contributed by atoms with E-state index in [4.69, 9.17) is 9.97 Å².